The molecule has 12 heavy (non-hydrogen) atoms. The van der Waals surface area contributed by atoms with Crippen LogP contribution in [0.15, 0.2) is 0 Å². The third-order valence-corrected chi connectivity index (χ3v) is 5.00. The maximum absolute atomic E-state index is 5.36. The lowest BCUT2D eigenvalue weighted by Gasteiger charge is -2.07. The van der Waals surface area contributed by atoms with E-state index in [1.807, 2.05) is 47.0 Å². The molecular weight excluding hydrogens is 232 g/mol. The molecule has 0 aromatic rings. The minimum absolute atomic E-state index is 0.810. The van der Waals surface area contributed by atoms with Crippen LogP contribution in [0.4, 0.5) is 0 Å². The van der Waals surface area contributed by atoms with Crippen LogP contribution in [0.25, 0.3) is 0 Å². The van der Waals surface area contributed by atoms with Crippen molar-refractivity contribution in [1.82, 2.24) is 0 Å². The van der Waals surface area contributed by atoms with Crippen LogP contribution in [0.2, 0.25) is 0 Å². The van der Waals surface area contributed by atoms with Crippen molar-refractivity contribution in [1.29, 1.82) is 0 Å². The van der Waals surface area contributed by atoms with E-state index < -0.39 is 0 Å². The molecule has 0 aromatic carbocycles. The second-order valence-corrected chi connectivity index (χ2v) is 6.39. The molecule has 0 saturated carbocycles. The first-order valence-corrected chi connectivity index (χ1v) is 8.08. The van der Waals surface area contributed by atoms with Crippen LogP contribution in [0.3, 0.4) is 0 Å². The summed E-state index contributed by atoms with van der Waals surface area (Å²) in [5.41, 5.74) is 0. The fraction of sp³-hybridized carbons (Fsp3) is 1.00. The molecular formula is C6H12O2S4. The number of rotatable bonds is 0. The van der Waals surface area contributed by atoms with E-state index in [0.717, 1.165) is 33.9 Å². The Bertz CT molecular complexity index is 60.5. The van der Waals surface area contributed by atoms with Gasteiger partial charge in [0.05, 0.1) is 23.8 Å². The summed E-state index contributed by atoms with van der Waals surface area (Å²) in [6.45, 7) is 0. The summed E-state index contributed by atoms with van der Waals surface area (Å²) >= 11 is 7.23. The lowest BCUT2D eigenvalue weighted by molar-refractivity contribution is 0.239. The maximum atomic E-state index is 5.36. The molecule has 0 aromatic heterocycles. The Balaban J connectivity index is 2.00. The summed E-state index contributed by atoms with van der Waals surface area (Å²) in [7, 11) is 0. The summed E-state index contributed by atoms with van der Waals surface area (Å²) in [6, 6.07) is 0. The predicted molar refractivity (Wildman–Crippen MR) is 61.7 cm³/mol. The quantitative estimate of drug-likeness (QED) is 0.647. The maximum Gasteiger partial charge on any atom is 0.0940 e. The Hall–Kier alpha value is 1.32. The third-order valence-electron chi connectivity index (χ3n) is 1.00. The normalized spacial score (nSPS) is 24.0. The lowest BCUT2D eigenvalue weighted by Crippen LogP contribution is -1.95. The molecule has 0 aliphatic carbocycles. The number of thioether (sulfide) groups is 4. The van der Waals surface area contributed by atoms with Crippen molar-refractivity contribution in [2.24, 2.45) is 0 Å². The van der Waals surface area contributed by atoms with Crippen molar-refractivity contribution in [3.8, 4) is 0 Å². The standard InChI is InChI=1S/C6H12O2S4/c1-7-2-10-6-12-4-8-3-11-5-9-1/h1-6H2. The smallest absolute Gasteiger partial charge is 0.0940 e. The zero-order valence-electron chi connectivity index (χ0n) is 6.69. The first-order chi connectivity index (χ1) is 6.00. The number of hydrogen-bond acceptors (Lipinski definition) is 6. The Morgan fingerprint density at radius 2 is 0.917 bits per heavy atom. The average Bonchev–Trinajstić information content (AvgIpc) is 2.05. The molecule has 0 radical (unpaired) electrons. The molecule has 0 amide bonds. The first-order valence-electron chi connectivity index (χ1n) is 3.46. The van der Waals surface area contributed by atoms with Crippen LogP contribution in [0, 0.1) is 0 Å². The average molecular weight is 244 g/mol. The van der Waals surface area contributed by atoms with Crippen molar-refractivity contribution in [3.05, 3.63) is 0 Å². The van der Waals surface area contributed by atoms with E-state index in [2.05, 4.69) is 0 Å². The zero-order valence-corrected chi connectivity index (χ0v) is 9.96. The fourth-order valence-corrected chi connectivity index (χ4v) is 3.60. The Labute approximate surface area is 90.3 Å². The van der Waals surface area contributed by atoms with E-state index >= 15 is 0 Å². The highest BCUT2D eigenvalue weighted by Crippen LogP contribution is 2.18. The second kappa shape index (κ2) is 8.90. The van der Waals surface area contributed by atoms with E-state index in [0.29, 0.717) is 0 Å². The summed E-state index contributed by atoms with van der Waals surface area (Å²) in [6.07, 6.45) is 0. The van der Waals surface area contributed by atoms with Crippen molar-refractivity contribution in [2.75, 3.05) is 33.9 Å². The van der Waals surface area contributed by atoms with Gasteiger partial charge in [0.25, 0.3) is 0 Å². The molecule has 72 valence electrons. The van der Waals surface area contributed by atoms with Crippen LogP contribution in [-0.2, 0) is 9.47 Å². The van der Waals surface area contributed by atoms with Gasteiger partial charge in [0, 0.05) is 10.2 Å². The van der Waals surface area contributed by atoms with Crippen molar-refractivity contribution in [2.45, 2.75) is 0 Å². The number of ether oxygens (including phenoxy) is 2. The van der Waals surface area contributed by atoms with Gasteiger partial charge in [0.15, 0.2) is 0 Å². The van der Waals surface area contributed by atoms with Gasteiger partial charge in [-0.1, -0.05) is 0 Å². The second-order valence-electron chi connectivity index (χ2n) is 1.93. The van der Waals surface area contributed by atoms with Crippen LogP contribution >= 0.6 is 47.0 Å². The molecule has 6 heteroatoms. The van der Waals surface area contributed by atoms with Gasteiger partial charge in [-0.3, -0.25) is 0 Å². The highest BCUT2D eigenvalue weighted by Gasteiger charge is 1.95. The summed E-state index contributed by atoms with van der Waals surface area (Å²) < 4.78 is 10.7. The minimum atomic E-state index is 0.810. The van der Waals surface area contributed by atoms with E-state index in [1.165, 1.54) is 0 Å². The fourth-order valence-electron chi connectivity index (χ4n) is 0.558. The molecule has 1 fully saturated rings. The van der Waals surface area contributed by atoms with E-state index in [1.54, 1.807) is 0 Å². The van der Waals surface area contributed by atoms with Crippen LogP contribution in [-0.4, -0.2) is 33.9 Å². The van der Waals surface area contributed by atoms with Crippen LogP contribution < -0.4 is 0 Å². The third kappa shape index (κ3) is 6.80. The van der Waals surface area contributed by atoms with Gasteiger partial charge in [-0.15, -0.1) is 47.0 Å². The molecule has 0 atom stereocenters. The first kappa shape index (κ1) is 11.4. The van der Waals surface area contributed by atoms with Crippen molar-refractivity contribution < 1.29 is 9.47 Å². The van der Waals surface area contributed by atoms with Gasteiger partial charge in [-0.25, -0.2) is 0 Å². The molecule has 0 spiro atoms. The molecule has 0 unspecified atom stereocenters. The number of hydrogen-bond donors (Lipinski definition) is 0. The molecule has 1 heterocycles. The van der Waals surface area contributed by atoms with Crippen LogP contribution in [0.1, 0.15) is 0 Å². The van der Waals surface area contributed by atoms with E-state index in [-0.39, 0.29) is 0 Å². The van der Waals surface area contributed by atoms with Gasteiger partial charge < -0.3 is 9.47 Å². The van der Waals surface area contributed by atoms with Gasteiger partial charge in [0.1, 0.15) is 0 Å². The SMILES string of the molecule is C1OCSCSCOCSCS1. The van der Waals surface area contributed by atoms with Gasteiger partial charge in [-0.2, -0.15) is 0 Å². The summed E-state index contributed by atoms with van der Waals surface area (Å²) in [5, 5.41) is 2.13. The van der Waals surface area contributed by atoms with Crippen molar-refractivity contribution in [3.63, 3.8) is 0 Å². The molecule has 0 N–H and O–H groups in total. The summed E-state index contributed by atoms with van der Waals surface area (Å²) in [4.78, 5) is 0. The molecule has 2 nitrogen and oxygen atoms in total. The van der Waals surface area contributed by atoms with Gasteiger partial charge in [-0.05, 0) is 0 Å². The molecule has 1 rings (SSSR count). The highest BCUT2D eigenvalue weighted by molar-refractivity contribution is 8.16. The van der Waals surface area contributed by atoms with Crippen molar-refractivity contribution >= 4 is 47.0 Å². The zero-order chi connectivity index (χ0) is 8.49. The lowest BCUT2D eigenvalue weighted by atomic mass is 11.5. The molecule has 0 bridgehead atoms. The van der Waals surface area contributed by atoms with Crippen LogP contribution in [0.5, 0.6) is 0 Å². The minimum Gasteiger partial charge on any atom is -0.360 e. The molecule has 1 aliphatic heterocycles. The predicted octanol–water partition coefficient (Wildman–Crippen LogP) is 2.71. The highest BCUT2D eigenvalue weighted by atomic mass is 32.2. The Morgan fingerprint density at radius 3 is 1.25 bits per heavy atom. The van der Waals surface area contributed by atoms with Gasteiger partial charge >= 0.3 is 0 Å². The molecule has 1 saturated heterocycles. The Morgan fingerprint density at radius 1 is 0.583 bits per heavy atom. The molecule has 1 aliphatic rings. The largest absolute Gasteiger partial charge is 0.360 e. The monoisotopic (exact) mass is 244 g/mol. The van der Waals surface area contributed by atoms with E-state index in [9.17, 15) is 0 Å². The topological polar surface area (TPSA) is 18.5 Å². The van der Waals surface area contributed by atoms with E-state index in [4.69, 9.17) is 9.47 Å². The Kier molecular flexibility index (Phi) is 8.45. The van der Waals surface area contributed by atoms with Gasteiger partial charge in [0.2, 0.25) is 0 Å². The summed E-state index contributed by atoms with van der Waals surface area (Å²) in [5.74, 6) is 3.24.